The van der Waals surface area contributed by atoms with Crippen LogP contribution in [-0.2, 0) is 4.79 Å². The Kier molecular flexibility index (Phi) is 5.04. The van der Waals surface area contributed by atoms with Crippen molar-refractivity contribution in [2.45, 2.75) is 0 Å². The van der Waals surface area contributed by atoms with Gasteiger partial charge in [0.15, 0.2) is 11.6 Å². The summed E-state index contributed by atoms with van der Waals surface area (Å²) in [5, 5.41) is 16.8. The maximum absolute atomic E-state index is 10.2. The van der Waals surface area contributed by atoms with Crippen LogP contribution in [0.3, 0.4) is 0 Å². The Morgan fingerprint density at radius 1 is 1.50 bits per heavy atom. The minimum atomic E-state index is -1.08. The molecular weight excluding hydrogens is 208 g/mol. The van der Waals surface area contributed by atoms with Crippen LogP contribution >= 0.6 is 0 Å². The topological polar surface area (TPSA) is 74.7 Å². The van der Waals surface area contributed by atoms with Gasteiger partial charge in [-0.3, -0.25) is 0 Å². The van der Waals surface area contributed by atoms with Gasteiger partial charge in [-0.2, -0.15) is 0 Å². The lowest BCUT2D eigenvalue weighted by Crippen LogP contribution is -3.00. The number of rotatable bonds is 3. The molecule has 0 saturated heterocycles. The van der Waals surface area contributed by atoms with Gasteiger partial charge < -0.3 is 22.3 Å². The molecule has 1 N–H and O–H groups in total. The lowest BCUT2D eigenvalue weighted by Gasteiger charge is -1.98. The number of para-hydroxylation sites is 1. The number of carboxylic acids is 1. The number of carboxylic acid groups (broad SMARTS) is 1. The lowest BCUT2D eigenvalue weighted by atomic mass is 10.3. The van der Waals surface area contributed by atoms with Crippen molar-refractivity contribution in [1.82, 2.24) is 0 Å². The largest absolute Gasteiger partial charge is 1.00 e. The fourth-order valence-electron chi connectivity index (χ4n) is 0.801. The van der Waals surface area contributed by atoms with Gasteiger partial charge in [0, 0.05) is 6.07 Å². The standard InChI is InChI=1S/C8H6N2O3.ClH/c9-10-6-3-1-2-4-7(6)13-5-8(11)12;/h1-4H,5H2;1H. The van der Waals surface area contributed by atoms with E-state index < -0.39 is 12.6 Å². The Balaban J connectivity index is 0.00000169. The molecule has 0 aliphatic carbocycles. The van der Waals surface area contributed by atoms with Crippen molar-refractivity contribution in [3.8, 4) is 5.75 Å². The van der Waals surface area contributed by atoms with Crippen molar-refractivity contribution >= 4 is 11.7 Å². The number of halogens is 1. The van der Waals surface area contributed by atoms with Gasteiger partial charge in [0.2, 0.25) is 11.1 Å². The van der Waals surface area contributed by atoms with Gasteiger partial charge in [-0.05, 0) is 6.07 Å². The van der Waals surface area contributed by atoms with Gasteiger partial charge in [0.25, 0.3) is 0 Å². The van der Waals surface area contributed by atoms with Gasteiger partial charge in [0.1, 0.15) is 0 Å². The first-order chi connectivity index (χ1) is 6.24. The van der Waals surface area contributed by atoms with Crippen LogP contribution in [0.5, 0.6) is 5.75 Å². The highest BCUT2D eigenvalue weighted by molar-refractivity contribution is 5.69. The molecule has 0 aliphatic heterocycles. The van der Waals surface area contributed by atoms with E-state index in [0.717, 1.165) is 0 Å². The SMILES string of the molecule is N#[N+]c1ccccc1OCC(=O)O.[Cl-]. The highest BCUT2D eigenvalue weighted by Gasteiger charge is 2.13. The third-order valence-corrected chi connectivity index (χ3v) is 1.32. The summed E-state index contributed by atoms with van der Waals surface area (Å²) in [5.74, 6) is -0.833. The van der Waals surface area contributed by atoms with E-state index in [4.69, 9.17) is 15.2 Å². The van der Waals surface area contributed by atoms with Crippen LogP contribution < -0.4 is 17.1 Å². The zero-order valence-electron chi connectivity index (χ0n) is 7.05. The minimum absolute atomic E-state index is 0. The fourth-order valence-corrected chi connectivity index (χ4v) is 0.801. The van der Waals surface area contributed by atoms with Crippen molar-refractivity contribution < 1.29 is 27.0 Å². The number of carbonyl (C=O) groups is 1. The lowest BCUT2D eigenvalue weighted by molar-refractivity contribution is -0.139. The first kappa shape index (κ1) is 12.2. The normalized spacial score (nSPS) is 8.21. The van der Waals surface area contributed by atoms with E-state index in [1.165, 1.54) is 12.1 Å². The van der Waals surface area contributed by atoms with Gasteiger partial charge in [-0.1, -0.05) is 12.1 Å². The molecule has 0 fully saturated rings. The molecule has 14 heavy (non-hydrogen) atoms. The van der Waals surface area contributed by atoms with Crippen LogP contribution in [0.15, 0.2) is 24.3 Å². The number of nitrogens with zero attached hydrogens (tertiary/aromatic N) is 2. The minimum Gasteiger partial charge on any atom is -1.00 e. The quantitative estimate of drug-likeness (QED) is 0.631. The molecule has 0 atom stereocenters. The maximum atomic E-state index is 10.2. The highest BCUT2D eigenvalue weighted by atomic mass is 35.5. The molecule has 0 aliphatic rings. The molecular formula is C8H7ClN2O3. The zero-order valence-corrected chi connectivity index (χ0v) is 7.81. The average molecular weight is 215 g/mol. The summed E-state index contributed by atoms with van der Waals surface area (Å²) in [4.78, 5) is 13.1. The van der Waals surface area contributed by atoms with E-state index in [1.807, 2.05) is 0 Å². The Labute approximate surface area is 86.3 Å². The average Bonchev–Trinajstić information content (AvgIpc) is 2.15. The van der Waals surface area contributed by atoms with Crippen LogP contribution in [0.1, 0.15) is 0 Å². The molecule has 0 spiro atoms. The van der Waals surface area contributed by atoms with Crippen molar-refractivity contribution in [2.24, 2.45) is 0 Å². The van der Waals surface area contributed by atoms with Crippen LogP contribution in [0.4, 0.5) is 5.69 Å². The summed E-state index contributed by atoms with van der Waals surface area (Å²) in [5.41, 5.74) is 0.212. The summed E-state index contributed by atoms with van der Waals surface area (Å²) in [7, 11) is 0. The smallest absolute Gasteiger partial charge is 0.426 e. The van der Waals surface area contributed by atoms with Gasteiger partial charge in [-0.15, -0.1) is 0 Å². The Morgan fingerprint density at radius 2 is 2.14 bits per heavy atom. The number of benzene rings is 1. The van der Waals surface area contributed by atoms with E-state index in [2.05, 4.69) is 4.98 Å². The molecule has 0 bridgehead atoms. The second-order valence-corrected chi connectivity index (χ2v) is 2.25. The van der Waals surface area contributed by atoms with Crippen LogP contribution in [0.25, 0.3) is 4.98 Å². The first-order valence-electron chi connectivity index (χ1n) is 3.53. The van der Waals surface area contributed by atoms with E-state index in [-0.39, 0.29) is 23.8 Å². The molecule has 0 radical (unpaired) electrons. The van der Waals surface area contributed by atoms with E-state index >= 15 is 0 Å². The van der Waals surface area contributed by atoms with Gasteiger partial charge in [0.05, 0.1) is 0 Å². The molecule has 1 rings (SSSR count). The monoisotopic (exact) mass is 214 g/mol. The zero-order chi connectivity index (χ0) is 9.68. The Bertz CT molecular complexity index is 362. The number of hydrogen-bond donors (Lipinski definition) is 1. The maximum Gasteiger partial charge on any atom is 0.426 e. The molecule has 74 valence electrons. The summed E-state index contributed by atoms with van der Waals surface area (Å²) >= 11 is 0. The van der Waals surface area contributed by atoms with Crippen LogP contribution in [-0.4, -0.2) is 17.7 Å². The number of aliphatic carboxylic acids is 1. The van der Waals surface area contributed by atoms with Crippen molar-refractivity contribution in [3.05, 3.63) is 29.2 Å². The van der Waals surface area contributed by atoms with Crippen molar-refractivity contribution in [3.63, 3.8) is 0 Å². The molecule has 6 heteroatoms. The highest BCUT2D eigenvalue weighted by Crippen LogP contribution is 2.26. The second-order valence-electron chi connectivity index (χ2n) is 2.25. The summed E-state index contributed by atoms with van der Waals surface area (Å²) in [6.07, 6.45) is 0. The first-order valence-corrected chi connectivity index (χ1v) is 3.53. The van der Waals surface area contributed by atoms with Crippen molar-refractivity contribution in [2.75, 3.05) is 6.61 Å². The summed E-state index contributed by atoms with van der Waals surface area (Å²) in [6.45, 7) is -0.452. The number of ether oxygens (including phenoxy) is 1. The molecule has 0 unspecified atom stereocenters. The Morgan fingerprint density at radius 3 is 2.71 bits per heavy atom. The summed E-state index contributed by atoms with van der Waals surface area (Å²) in [6, 6.07) is 6.35. The molecule has 1 aromatic rings. The van der Waals surface area contributed by atoms with Crippen molar-refractivity contribution in [1.29, 1.82) is 5.39 Å². The van der Waals surface area contributed by atoms with Crippen LogP contribution in [0, 0.1) is 5.39 Å². The number of diazo groups is 1. The third kappa shape index (κ3) is 3.29. The molecule has 0 saturated carbocycles. The second kappa shape index (κ2) is 5.78. The van der Waals surface area contributed by atoms with E-state index in [0.29, 0.717) is 0 Å². The van der Waals surface area contributed by atoms with E-state index in [9.17, 15) is 4.79 Å². The molecule has 5 nitrogen and oxygen atoms in total. The summed E-state index contributed by atoms with van der Waals surface area (Å²) < 4.78 is 4.84. The predicted molar refractivity (Wildman–Crippen MR) is 44.3 cm³/mol. The van der Waals surface area contributed by atoms with E-state index in [1.54, 1.807) is 12.1 Å². The Hall–Kier alpha value is -1.80. The third-order valence-electron chi connectivity index (χ3n) is 1.32. The molecule has 0 amide bonds. The molecule has 1 aromatic carbocycles. The molecule has 0 aromatic heterocycles. The molecule has 0 heterocycles. The number of hydrogen-bond acceptors (Lipinski definition) is 3. The van der Waals surface area contributed by atoms with Gasteiger partial charge in [-0.25, -0.2) is 4.79 Å². The fraction of sp³-hybridized carbons (Fsp3) is 0.125. The predicted octanol–water partition coefficient (Wildman–Crippen LogP) is -1.36. The van der Waals surface area contributed by atoms with Crippen LogP contribution in [0.2, 0.25) is 0 Å². The van der Waals surface area contributed by atoms with Gasteiger partial charge >= 0.3 is 11.7 Å².